The van der Waals surface area contributed by atoms with Crippen LogP contribution in [-0.4, -0.2) is 22.3 Å². The van der Waals surface area contributed by atoms with Crippen LogP contribution in [0.25, 0.3) is 6.08 Å². The van der Waals surface area contributed by atoms with Crippen LogP contribution < -0.4 is 5.43 Å². The fraction of sp³-hybridized carbons (Fsp3) is 0.176. The molecule has 23 heavy (non-hydrogen) atoms. The molecule has 2 heterocycles. The molecule has 1 aromatic heterocycles. The van der Waals surface area contributed by atoms with Crippen molar-refractivity contribution in [3.05, 3.63) is 65.3 Å². The first-order valence-electron chi connectivity index (χ1n) is 7.22. The van der Waals surface area contributed by atoms with Crippen LogP contribution in [0.15, 0.2) is 53.4 Å². The molecule has 0 fully saturated rings. The minimum absolute atomic E-state index is 0.230. The first kappa shape index (κ1) is 15.0. The second-order valence-corrected chi connectivity index (χ2v) is 5.20. The van der Waals surface area contributed by atoms with Gasteiger partial charge in [0.15, 0.2) is 0 Å². The van der Waals surface area contributed by atoms with Gasteiger partial charge >= 0.3 is 0 Å². The minimum atomic E-state index is -0.230. The Bertz CT molecular complexity index is 805. The summed E-state index contributed by atoms with van der Waals surface area (Å²) in [6.07, 6.45) is 9.14. The Balaban J connectivity index is 1.89. The number of hydrazone groups is 1. The van der Waals surface area contributed by atoms with Crippen LogP contribution in [0.2, 0.25) is 0 Å². The molecule has 0 atom stereocenters. The van der Waals surface area contributed by atoms with Crippen LogP contribution in [0.3, 0.4) is 0 Å². The number of aromatic nitrogens is 2. The lowest BCUT2D eigenvalue weighted by atomic mass is 10.0. The van der Waals surface area contributed by atoms with Gasteiger partial charge in [-0.1, -0.05) is 18.2 Å². The van der Waals surface area contributed by atoms with Crippen molar-refractivity contribution < 1.29 is 9.13 Å². The Morgan fingerprint density at radius 2 is 2.30 bits per heavy atom. The molecule has 0 saturated carbocycles. The largest absolute Gasteiger partial charge is 0.472 e. The van der Waals surface area contributed by atoms with Crippen molar-refractivity contribution in [1.82, 2.24) is 9.78 Å². The lowest BCUT2D eigenvalue weighted by molar-refractivity contribution is 0.346. The highest BCUT2D eigenvalue weighted by atomic mass is 19.1. The normalized spacial score (nSPS) is 17.5. The molecule has 3 rings (SSSR count). The highest BCUT2D eigenvalue weighted by molar-refractivity contribution is 6.02. The van der Waals surface area contributed by atoms with Gasteiger partial charge in [-0.25, -0.2) is 4.39 Å². The summed E-state index contributed by atoms with van der Waals surface area (Å²) < 4.78 is 20.9. The van der Waals surface area contributed by atoms with Crippen LogP contribution in [0, 0.1) is 12.7 Å². The Morgan fingerprint density at radius 3 is 3.09 bits per heavy atom. The van der Waals surface area contributed by atoms with Crippen molar-refractivity contribution in [2.24, 2.45) is 12.1 Å². The number of halogens is 1. The molecule has 0 aliphatic carbocycles. The van der Waals surface area contributed by atoms with Gasteiger partial charge in [0.05, 0.1) is 11.9 Å². The van der Waals surface area contributed by atoms with E-state index in [1.54, 1.807) is 23.9 Å². The second-order valence-electron chi connectivity index (χ2n) is 5.20. The van der Waals surface area contributed by atoms with Gasteiger partial charge in [-0.05, 0) is 36.3 Å². The fourth-order valence-corrected chi connectivity index (χ4v) is 2.21. The van der Waals surface area contributed by atoms with Gasteiger partial charge in [-0.15, -0.1) is 5.10 Å². The van der Waals surface area contributed by atoms with E-state index < -0.39 is 0 Å². The molecule has 0 radical (unpaired) electrons. The summed E-state index contributed by atoms with van der Waals surface area (Å²) in [6.45, 7) is 2.20. The predicted octanol–water partition coefficient (Wildman–Crippen LogP) is 3.26. The van der Waals surface area contributed by atoms with Crippen molar-refractivity contribution in [1.29, 1.82) is 0 Å². The Labute approximate surface area is 133 Å². The molecular weight excluding hydrogens is 295 g/mol. The lowest BCUT2D eigenvalue weighted by Gasteiger charge is -2.14. The van der Waals surface area contributed by atoms with E-state index in [1.165, 1.54) is 6.07 Å². The number of aryl methyl sites for hydroxylation is 1. The molecule has 1 N–H and O–H groups in total. The standard InChI is InChI=1S/C17H17FN4O/c1-12-13(5-3-7-16(12)18)9-14-6-4-8-23-17(14)21-20-15-10-19-22(2)11-15/h3-7,9-11,20H,8H2,1-2H3. The molecule has 2 aromatic rings. The maximum Gasteiger partial charge on any atom is 0.238 e. The minimum Gasteiger partial charge on any atom is -0.472 e. The van der Waals surface area contributed by atoms with E-state index in [2.05, 4.69) is 15.6 Å². The van der Waals surface area contributed by atoms with E-state index in [4.69, 9.17) is 4.74 Å². The summed E-state index contributed by atoms with van der Waals surface area (Å²) >= 11 is 0. The van der Waals surface area contributed by atoms with Crippen LogP contribution in [0.5, 0.6) is 0 Å². The van der Waals surface area contributed by atoms with E-state index >= 15 is 0 Å². The van der Waals surface area contributed by atoms with E-state index in [0.717, 1.165) is 16.8 Å². The zero-order chi connectivity index (χ0) is 16.2. The highest BCUT2D eigenvalue weighted by Crippen LogP contribution is 2.19. The Hall–Kier alpha value is -2.89. The van der Waals surface area contributed by atoms with Gasteiger partial charge in [-0.3, -0.25) is 10.1 Å². The zero-order valence-electron chi connectivity index (χ0n) is 13.0. The average Bonchev–Trinajstić information content (AvgIpc) is 2.96. The molecule has 1 aliphatic rings. The smallest absolute Gasteiger partial charge is 0.238 e. The number of hydrogen-bond donors (Lipinski definition) is 1. The van der Waals surface area contributed by atoms with Crippen LogP contribution in [-0.2, 0) is 11.8 Å². The van der Waals surface area contributed by atoms with E-state index in [0.29, 0.717) is 18.1 Å². The second kappa shape index (κ2) is 6.48. The number of ether oxygens (including phenoxy) is 1. The van der Waals surface area contributed by atoms with Crippen molar-refractivity contribution >= 4 is 17.7 Å². The third-order valence-electron chi connectivity index (χ3n) is 3.47. The van der Waals surface area contributed by atoms with Crippen LogP contribution in [0.1, 0.15) is 11.1 Å². The lowest BCUT2D eigenvalue weighted by Crippen LogP contribution is -2.13. The van der Waals surface area contributed by atoms with Crippen molar-refractivity contribution in [2.75, 3.05) is 12.0 Å². The van der Waals surface area contributed by atoms with E-state index in [-0.39, 0.29) is 5.82 Å². The number of nitrogens with zero attached hydrogens (tertiary/aromatic N) is 3. The molecule has 0 bridgehead atoms. The molecule has 0 amide bonds. The summed E-state index contributed by atoms with van der Waals surface area (Å²) in [6, 6.07) is 5.00. The summed E-state index contributed by atoms with van der Waals surface area (Å²) in [5.74, 6) is 0.229. The van der Waals surface area contributed by atoms with Gasteiger partial charge in [0.2, 0.25) is 5.90 Å². The quantitative estimate of drug-likeness (QED) is 0.885. The monoisotopic (exact) mass is 312 g/mol. The number of anilines is 1. The van der Waals surface area contributed by atoms with Gasteiger partial charge in [0, 0.05) is 18.8 Å². The third kappa shape index (κ3) is 3.48. The van der Waals surface area contributed by atoms with E-state index in [1.807, 2.05) is 37.5 Å². The molecule has 118 valence electrons. The number of nitrogens with one attached hydrogen (secondary N) is 1. The SMILES string of the molecule is Cc1c(F)cccc1C=C1C=CCOC1=NNc1cnn(C)c1. The fourth-order valence-electron chi connectivity index (χ4n) is 2.21. The third-order valence-corrected chi connectivity index (χ3v) is 3.47. The first-order chi connectivity index (χ1) is 11.1. The number of rotatable bonds is 3. The molecule has 1 aliphatic heterocycles. The topological polar surface area (TPSA) is 51.4 Å². The highest BCUT2D eigenvalue weighted by Gasteiger charge is 2.12. The van der Waals surface area contributed by atoms with Crippen LogP contribution >= 0.6 is 0 Å². The number of benzene rings is 1. The summed E-state index contributed by atoms with van der Waals surface area (Å²) in [5.41, 5.74) is 5.84. The Morgan fingerprint density at radius 1 is 1.43 bits per heavy atom. The van der Waals surface area contributed by atoms with Crippen LogP contribution in [0.4, 0.5) is 10.1 Å². The predicted molar refractivity (Wildman–Crippen MR) is 88.5 cm³/mol. The first-order valence-corrected chi connectivity index (χ1v) is 7.22. The molecule has 6 heteroatoms. The average molecular weight is 312 g/mol. The van der Waals surface area contributed by atoms with Gasteiger partial charge < -0.3 is 4.74 Å². The molecule has 1 aromatic carbocycles. The number of hydrogen-bond acceptors (Lipinski definition) is 4. The maximum atomic E-state index is 13.7. The van der Waals surface area contributed by atoms with Crippen molar-refractivity contribution in [3.63, 3.8) is 0 Å². The van der Waals surface area contributed by atoms with Gasteiger partial charge in [0.25, 0.3) is 0 Å². The molecule has 0 saturated heterocycles. The van der Waals surface area contributed by atoms with E-state index in [9.17, 15) is 4.39 Å². The van der Waals surface area contributed by atoms with Gasteiger partial charge in [0.1, 0.15) is 12.4 Å². The summed E-state index contributed by atoms with van der Waals surface area (Å²) in [4.78, 5) is 0. The molecule has 0 unspecified atom stereocenters. The molecule has 0 spiro atoms. The Kier molecular flexibility index (Phi) is 4.23. The molecular formula is C17H17FN4O. The van der Waals surface area contributed by atoms with Crippen molar-refractivity contribution in [3.8, 4) is 0 Å². The molecule has 5 nitrogen and oxygen atoms in total. The van der Waals surface area contributed by atoms with Crippen molar-refractivity contribution in [2.45, 2.75) is 6.92 Å². The zero-order valence-corrected chi connectivity index (χ0v) is 13.0. The summed E-state index contributed by atoms with van der Waals surface area (Å²) in [5, 5.41) is 8.34. The maximum absolute atomic E-state index is 13.7. The summed E-state index contributed by atoms with van der Waals surface area (Å²) in [7, 11) is 1.83. The van der Waals surface area contributed by atoms with Gasteiger partial charge in [-0.2, -0.15) is 5.10 Å².